The first-order chi connectivity index (χ1) is 8.16. The molecular weight excluding hydrogens is 252 g/mol. The van der Waals surface area contributed by atoms with Crippen LogP contribution in [0.5, 0.6) is 0 Å². The van der Waals surface area contributed by atoms with E-state index < -0.39 is 0 Å². The molecule has 2 rings (SSSR count). The molecule has 0 amide bonds. The average Bonchev–Trinajstić information content (AvgIpc) is 2.72. The summed E-state index contributed by atoms with van der Waals surface area (Å²) in [6.07, 6.45) is 1.69. The topological polar surface area (TPSA) is 63.8 Å². The Labute approximate surface area is 109 Å². The highest BCUT2D eigenvalue weighted by Gasteiger charge is 2.03. The lowest BCUT2D eigenvalue weighted by Crippen LogP contribution is -2.10. The molecule has 0 atom stereocenters. The predicted molar refractivity (Wildman–Crippen MR) is 74.3 cm³/mol. The molecule has 0 fully saturated rings. The summed E-state index contributed by atoms with van der Waals surface area (Å²) in [7, 11) is 0. The number of pyridine rings is 1. The number of aromatic nitrogens is 2. The van der Waals surface area contributed by atoms with Gasteiger partial charge >= 0.3 is 0 Å². The minimum Gasteiger partial charge on any atom is -0.389 e. The number of aryl methyl sites for hydroxylation is 1. The van der Waals surface area contributed by atoms with Crippen molar-refractivity contribution in [2.75, 3.05) is 5.32 Å². The average molecular weight is 264 g/mol. The zero-order valence-electron chi connectivity index (χ0n) is 9.30. The second-order valence-electron chi connectivity index (χ2n) is 3.51. The third-order valence-electron chi connectivity index (χ3n) is 2.32. The highest BCUT2D eigenvalue weighted by atomic mass is 32.1. The summed E-state index contributed by atoms with van der Waals surface area (Å²) in [5.74, 6) is 0.767. The molecule has 3 N–H and O–H groups in total. The molecule has 2 aromatic heterocycles. The molecule has 0 radical (unpaired) electrons. The summed E-state index contributed by atoms with van der Waals surface area (Å²) in [6, 6.07) is 3.64. The van der Waals surface area contributed by atoms with Gasteiger partial charge in [0.2, 0.25) is 0 Å². The Balaban J connectivity index is 2.07. The highest BCUT2D eigenvalue weighted by molar-refractivity contribution is 7.80. The van der Waals surface area contributed by atoms with Gasteiger partial charge in [-0.2, -0.15) is 0 Å². The normalized spacial score (nSPS) is 10.2. The van der Waals surface area contributed by atoms with Crippen LogP contribution in [0.4, 0.5) is 5.82 Å². The van der Waals surface area contributed by atoms with E-state index in [2.05, 4.69) is 15.3 Å². The fourth-order valence-corrected chi connectivity index (χ4v) is 2.19. The van der Waals surface area contributed by atoms with E-state index in [0.29, 0.717) is 11.5 Å². The Morgan fingerprint density at radius 2 is 2.35 bits per heavy atom. The van der Waals surface area contributed by atoms with Crippen molar-refractivity contribution in [2.45, 2.75) is 13.5 Å². The second-order valence-corrected chi connectivity index (χ2v) is 4.89. The third kappa shape index (κ3) is 2.98. The molecular formula is C11H12N4S2. The van der Waals surface area contributed by atoms with Gasteiger partial charge in [0, 0.05) is 16.6 Å². The van der Waals surface area contributed by atoms with Crippen LogP contribution < -0.4 is 11.1 Å². The molecule has 4 nitrogen and oxygen atoms in total. The highest BCUT2D eigenvalue weighted by Crippen LogP contribution is 2.14. The van der Waals surface area contributed by atoms with Gasteiger partial charge in [-0.1, -0.05) is 12.2 Å². The molecule has 0 bridgehead atoms. The summed E-state index contributed by atoms with van der Waals surface area (Å²) in [5, 5.41) is 3.23. The van der Waals surface area contributed by atoms with Crippen LogP contribution in [0.1, 0.15) is 16.1 Å². The van der Waals surface area contributed by atoms with E-state index in [-0.39, 0.29) is 0 Å². The molecule has 0 aromatic carbocycles. The van der Waals surface area contributed by atoms with Crippen LogP contribution in [0.3, 0.4) is 0 Å². The number of nitrogens with zero attached hydrogens (tertiary/aromatic N) is 2. The smallest absolute Gasteiger partial charge is 0.126 e. The minimum atomic E-state index is 0.379. The van der Waals surface area contributed by atoms with Crippen molar-refractivity contribution in [1.29, 1.82) is 0 Å². The molecule has 0 saturated heterocycles. The molecule has 0 unspecified atom stereocenters. The van der Waals surface area contributed by atoms with E-state index in [1.165, 1.54) is 4.88 Å². The van der Waals surface area contributed by atoms with Crippen molar-refractivity contribution in [3.8, 4) is 0 Å². The molecule has 2 heterocycles. The number of rotatable bonds is 4. The van der Waals surface area contributed by atoms with Crippen molar-refractivity contribution >= 4 is 34.4 Å². The number of hydrogen-bond donors (Lipinski definition) is 2. The molecule has 0 aliphatic rings. The van der Waals surface area contributed by atoms with Gasteiger partial charge in [-0.3, -0.25) is 0 Å². The number of thiocarbonyl (C=S) groups is 1. The number of thiazole rings is 1. The zero-order chi connectivity index (χ0) is 12.3. The lowest BCUT2D eigenvalue weighted by Gasteiger charge is -2.05. The van der Waals surface area contributed by atoms with E-state index in [1.54, 1.807) is 23.6 Å². The van der Waals surface area contributed by atoms with Gasteiger partial charge in [0.05, 0.1) is 17.7 Å². The maximum Gasteiger partial charge on any atom is 0.126 e. The van der Waals surface area contributed by atoms with Crippen LogP contribution in [-0.4, -0.2) is 15.0 Å². The summed E-state index contributed by atoms with van der Waals surface area (Å²) in [6.45, 7) is 2.71. The van der Waals surface area contributed by atoms with Gasteiger partial charge < -0.3 is 11.1 Å². The van der Waals surface area contributed by atoms with Crippen molar-refractivity contribution in [2.24, 2.45) is 5.73 Å². The Bertz CT molecular complexity index is 536. The van der Waals surface area contributed by atoms with E-state index >= 15 is 0 Å². The number of anilines is 1. The largest absolute Gasteiger partial charge is 0.389 e. The molecule has 2 aromatic rings. The van der Waals surface area contributed by atoms with Gasteiger partial charge in [0.1, 0.15) is 10.8 Å². The molecule has 0 saturated carbocycles. The SMILES string of the molecule is Cc1ncsc1CNc1cc(C(N)=S)ccn1. The van der Waals surface area contributed by atoms with E-state index in [1.807, 2.05) is 18.5 Å². The fourth-order valence-electron chi connectivity index (χ4n) is 1.35. The minimum absolute atomic E-state index is 0.379. The first-order valence-electron chi connectivity index (χ1n) is 5.05. The molecule has 0 aliphatic heterocycles. The van der Waals surface area contributed by atoms with E-state index in [9.17, 15) is 0 Å². The van der Waals surface area contributed by atoms with Crippen molar-refractivity contribution < 1.29 is 0 Å². The molecule has 0 spiro atoms. The standard InChI is InChI=1S/C11H12N4S2/c1-7-9(17-6-15-7)5-14-10-4-8(11(12)16)2-3-13-10/h2-4,6H,5H2,1H3,(H2,12,16)(H,13,14). The molecule has 0 aliphatic carbocycles. The van der Waals surface area contributed by atoms with Crippen LogP contribution in [0.25, 0.3) is 0 Å². The van der Waals surface area contributed by atoms with Crippen molar-refractivity contribution in [1.82, 2.24) is 9.97 Å². The summed E-state index contributed by atoms with van der Waals surface area (Å²) in [5.41, 5.74) is 9.27. The van der Waals surface area contributed by atoms with Crippen LogP contribution in [0.2, 0.25) is 0 Å². The lowest BCUT2D eigenvalue weighted by atomic mass is 10.2. The van der Waals surface area contributed by atoms with Gasteiger partial charge in [0.25, 0.3) is 0 Å². The van der Waals surface area contributed by atoms with Crippen LogP contribution in [0, 0.1) is 6.92 Å². The maximum absolute atomic E-state index is 5.57. The number of nitrogens with one attached hydrogen (secondary N) is 1. The number of hydrogen-bond acceptors (Lipinski definition) is 5. The summed E-state index contributed by atoms with van der Waals surface area (Å²) >= 11 is 6.55. The molecule has 88 valence electrons. The van der Waals surface area contributed by atoms with Crippen LogP contribution in [0.15, 0.2) is 23.8 Å². The Kier molecular flexibility index (Phi) is 3.65. The van der Waals surface area contributed by atoms with Gasteiger partial charge in [-0.25, -0.2) is 9.97 Å². The quantitative estimate of drug-likeness (QED) is 0.828. The summed E-state index contributed by atoms with van der Waals surface area (Å²) in [4.78, 5) is 9.98. The second kappa shape index (κ2) is 5.20. The molecule has 6 heteroatoms. The Morgan fingerprint density at radius 1 is 1.53 bits per heavy atom. The van der Waals surface area contributed by atoms with Gasteiger partial charge in [0.15, 0.2) is 0 Å². The van der Waals surface area contributed by atoms with E-state index in [4.69, 9.17) is 18.0 Å². The van der Waals surface area contributed by atoms with Crippen molar-refractivity contribution in [3.63, 3.8) is 0 Å². The van der Waals surface area contributed by atoms with Gasteiger partial charge in [-0.05, 0) is 19.1 Å². The van der Waals surface area contributed by atoms with Crippen LogP contribution in [-0.2, 0) is 6.54 Å². The maximum atomic E-state index is 5.57. The first kappa shape index (κ1) is 11.9. The summed E-state index contributed by atoms with van der Waals surface area (Å²) < 4.78 is 0. The first-order valence-corrected chi connectivity index (χ1v) is 6.34. The number of nitrogens with two attached hydrogens (primary N) is 1. The monoisotopic (exact) mass is 264 g/mol. The Hall–Kier alpha value is -1.53. The third-order valence-corrected chi connectivity index (χ3v) is 3.49. The van der Waals surface area contributed by atoms with Crippen LogP contribution >= 0.6 is 23.6 Å². The lowest BCUT2D eigenvalue weighted by molar-refractivity contribution is 1.10. The molecule has 17 heavy (non-hydrogen) atoms. The Morgan fingerprint density at radius 3 is 3.00 bits per heavy atom. The predicted octanol–water partition coefficient (Wildman–Crippen LogP) is 2.09. The van der Waals surface area contributed by atoms with Crippen molar-refractivity contribution in [3.05, 3.63) is 40.0 Å². The fraction of sp³-hybridized carbons (Fsp3) is 0.182. The zero-order valence-corrected chi connectivity index (χ0v) is 10.9. The van der Waals surface area contributed by atoms with Gasteiger partial charge in [-0.15, -0.1) is 11.3 Å². The van der Waals surface area contributed by atoms with E-state index in [0.717, 1.165) is 17.1 Å².